The van der Waals surface area contributed by atoms with Crippen LogP contribution in [0.4, 0.5) is 5.00 Å². The minimum atomic E-state index is -0.422. The van der Waals surface area contributed by atoms with E-state index in [2.05, 4.69) is 22.2 Å². The summed E-state index contributed by atoms with van der Waals surface area (Å²) >= 11 is 1.39. The topological polar surface area (TPSA) is 61.9 Å². The normalized spacial score (nSPS) is 16.7. The molecule has 21 heavy (non-hydrogen) atoms. The summed E-state index contributed by atoms with van der Waals surface area (Å²) in [6.07, 6.45) is 0. The molecule has 0 spiro atoms. The smallest absolute Gasteiger partial charge is 0.340 e. The summed E-state index contributed by atoms with van der Waals surface area (Å²) < 4.78 is 4.73. The zero-order chi connectivity index (χ0) is 15.4. The van der Waals surface area contributed by atoms with Gasteiger partial charge in [0, 0.05) is 31.1 Å². The SMILES string of the molecule is COC(=O)c1cc(C)sc1NC(=O)CN1CCN(C)CC1. The van der Waals surface area contributed by atoms with Gasteiger partial charge in [0.1, 0.15) is 5.00 Å². The van der Waals surface area contributed by atoms with Crippen LogP contribution < -0.4 is 5.32 Å². The number of anilines is 1. The highest BCUT2D eigenvalue weighted by molar-refractivity contribution is 7.16. The van der Waals surface area contributed by atoms with Crippen molar-refractivity contribution in [3.05, 3.63) is 16.5 Å². The molecule has 1 aliphatic heterocycles. The van der Waals surface area contributed by atoms with E-state index in [-0.39, 0.29) is 5.91 Å². The molecule has 2 rings (SSSR count). The minimum Gasteiger partial charge on any atom is -0.465 e. The monoisotopic (exact) mass is 311 g/mol. The molecule has 1 aromatic heterocycles. The summed E-state index contributed by atoms with van der Waals surface area (Å²) in [6, 6.07) is 1.74. The van der Waals surface area contributed by atoms with Crippen LogP contribution in [0.25, 0.3) is 0 Å². The summed E-state index contributed by atoms with van der Waals surface area (Å²) in [5.41, 5.74) is 0.423. The number of thiophene rings is 1. The lowest BCUT2D eigenvalue weighted by Gasteiger charge is -2.31. The lowest BCUT2D eigenvalue weighted by molar-refractivity contribution is -0.117. The summed E-state index contributed by atoms with van der Waals surface area (Å²) in [6.45, 7) is 5.96. The highest BCUT2D eigenvalue weighted by atomic mass is 32.1. The number of carbonyl (C=O) groups excluding carboxylic acids is 2. The van der Waals surface area contributed by atoms with E-state index < -0.39 is 5.97 Å². The molecule has 0 radical (unpaired) electrons. The molecule has 116 valence electrons. The lowest BCUT2D eigenvalue weighted by Crippen LogP contribution is -2.47. The molecular formula is C14H21N3O3S. The first-order valence-corrected chi connectivity index (χ1v) is 7.70. The van der Waals surface area contributed by atoms with Crippen LogP contribution in [0.2, 0.25) is 0 Å². The third-order valence-corrected chi connectivity index (χ3v) is 4.44. The van der Waals surface area contributed by atoms with Gasteiger partial charge in [-0.1, -0.05) is 0 Å². The Morgan fingerprint density at radius 1 is 1.33 bits per heavy atom. The second-order valence-electron chi connectivity index (χ2n) is 5.22. The molecule has 0 aromatic carbocycles. The number of aryl methyl sites for hydroxylation is 1. The first-order chi connectivity index (χ1) is 9.99. The number of nitrogens with zero attached hydrogens (tertiary/aromatic N) is 2. The summed E-state index contributed by atoms with van der Waals surface area (Å²) in [4.78, 5) is 29.1. The number of rotatable bonds is 4. The molecule has 0 saturated carbocycles. The van der Waals surface area contributed by atoms with Crippen LogP contribution in [0.1, 0.15) is 15.2 Å². The fraction of sp³-hybridized carbons (Fsp3) is 0.571. The molecule has 7 heteroatoms. The van der Waals surface area contributed by atoms with Gasteiger partial charge >= 0.3 is 5.97 Å². The van der Waals surface area contributed by atoms with Gasteiger partial charge in [-0.05, 0) is 20.0 Å². The molecule has 0 aliphatic carbocycles. The number of hydrogen-bond acceptors (Lipinski definition) is 6. The quantitative estimate of drug-likeness (QED) is 0.842. The molecular weight excluding hydrogens is 290 g/mol. The van der Waals surface area contributed by atoms with Crippen molar-refractivity contribution >= 4 is 28.2 Å². The predicted octanol–water partition coefficient (Wildman–Crippen LogP) is 1.03. The number of methoxy groups -OCH3 is 1. The van der Waals surface area contributed by atoms with E-state index in [0.717, 1.165) is 31.1 Å². The van der Waals surface area contributed by atoms with Crippen molar-refractivity contribution in [3.8, 4) is 0 Å². The maximum Gasteiger partial charge on any atom is 0.340 e. The number of ether oxygens (including phenoxy) is 1. The highest BCUT2D eigenvalue weighted by Crippen LogP contribution is 2.28. The number of carbonyl (C=O) groups is 2. The molecule has 1 aliphatic rings. The van der Waals surface area contributed by atoms with E-state index >= 15 is 0 Å². The minimum absolute atomic E-state index is 0.0912. The Labute approximate surface area is 128 Å². The molecule has 1 aromatic rings. The first kappa shape index (κ1) is 15.9. The Hall–Kier alpha value is -1.44. The number of piperazine rings is 1. The van der Waals surface area contributed by atoms with E-state index in [4.69, 9.17) is 4.74 Å². The van der Waals surface area contributed by atoms with Crippen molar-refractivity contribution in [1.82, 2.24) is 9.80 Å². The van der Waals surface area contributed by atoms with Crippen LogP contribution in [-0.2, 0) is 9.53 Å². The number of amides is 1. The summed E-state index contributed by atoms with van der Waals surface area (Å²) in [5.74, 6) is -0.513. The first-order valence-electron chi connectivity index (χ1n) is 6.89. The molecule has 1 fully saturated rings. The third kappa shape index (κ3) is 4.26. The molecule has 2 heterocycles. The number of esters is 1. The van der Waals surface area contributed by atoms with E-state index in [9.17, 15) is 9.59 Å². The Bertz CT molecular complexity index is 522. The van der Waals surface area contributed by atoms with Gasteiger partial charge in [-0.3, -0.25) is 9.69 Å². The fourth-order valence-electron chi connectivity index (χ4n) is 2.24. The van der Waals surface area contributed by atoms with Gasteiger partial charge in [-0.25, -0.2) is 4.79 Å². The molecule has 0 unspecified atom stereocenters. The molecule has 0 atom stereocenters. The van der Waals surface area contributed by atoms with Crippen LogP contribution in [0, 0.1) is 6.92 Å². The van der Waals surface area contributed by atoms with Crippen LogP contribution in [0.15, 0.2) is 6.07 Å². The number of nitrogens with one attached hydrogen (secondary N) is 1. The van der Waals surface area contributed by atoms with Gasteiger partial charge in [0.2, 0.25) is 5.91 Å². The highest BCUT2D eigenvalue weighted by Gasteiger charge is 2.20. The van der Waals surface area contributed by atoms with Crippen LogP contribution >= 0.6 is 11.3 Å². The second kappa shape index (κ2) is 7.02. The molecule has 6 nitrogen and oxygen atoms in total. The molecule has 0 bridgehead atoms. The maximum atomic E-state index is 12.1. The van der Waals surface area contributed by atoms with E-state index in [0.29, 0.717) is 17.1 Å². The van der Waals surface area contributed by atoms with E-state index in [1.54, 1.807) is 6.07 Å². The van der Waals surface area contributed by atoms with E-state index in [1.165, 1.54) is 18.4 Å². The maximum absolute atomic E-state index is 12.1. The molecule has 1 amide bonds. The zero-order valence-electron chi connectivity index (χ0n) is 12.6. The molecule has 1 N–H and O–H groups in total. The van der Waals surface area contributed by atoms with Gasteiger partial charge < -0.3 is 15.0 Å². The Morgan fingerprint density at radius 3 is 2.62 bits per heavy atom. The Morgan fingerprint density at radius 2 is 2.00 bits per heavy atom. The standard InChI is InChI=1S/C14H21N3O3S/c1-10-8-11(14(19)20-3)13(21-10)15-12(18)9-17-6-4-16(2)5-7-17/h8H,4-7,9H2,1-3H3,(H,15,18). The van der Waals surface area contributed by atoms with Crippen molar-refractivity contribution in [3.63, 3.8) is 0 Å². The zero-order valence-corrected chi connectivity index (χ0v) is 13.5. The fourth-order valence-corrected chi connectivity index (χ4v) is 3.16. The van der Waals surface area contributed by atoms with Crippen LogP contribution in [0.5, 0.6) is 0 Å². The third-order valence-electron chi connectivity index (χ3n) is 3.48. The Kier molecular flexibility index (Phi) is 5.33. The largest absolute Gasteiger partial charge is 0.465 e. The van der Waals surface area contributed by atoms with Gasteiger partial charge in [0.15, 0.2) is 0 Å². The van der Waals surface area contributed by atoms with Crippen molar-refractivity contribution in [1.29, 1.82) is 0 Å². The predicted molar refractivity (Wildman–Crippen MR) is 83.0 cm³/mol. The van der Waals surface area contributed by atoms with Crippen molar-refractivity contribution < 1.29 is 14.3 Å². The Balaban J connectivity index is 1.95. The van der Waals surface area contributed by atoms with Crippen molar-refractivity contribution in [2.24, 2.45) is 0 Å². The van der Waals surface area contributed by atoms with Crippen molar-refractivity contribution in [2.45, 2.75) is 6.92 Å². The summed E-state index contributed by atoms with van der Waals surface area (Å²) in [5, 5.41) is 3.40. The average molecular weight is 311 g/mol. The van der Waals surface area contributed by atoms with Gasteiger partial charge in [-0.2, -0.15) is 0 Å². The number of hydrogen-bond donors (Lipinski definition) is 1. The average Bonchev–Trinajstić information content (AvgIpc) is 2.81. The second-order valence-corrected chi connectivity index (χ2v) is 6.48. The van der Waals surface area contributed by atoms with E-state index in [1.807, 2.05) is 6.92 Å². The van der Waals surface area contributed by atoms with Crippen LogP contribution in [0.3, 0.4) is 0 Å². The van der Waals surface area contributed by atoms with Gasteiger partial charge in [0.25, 0.3) is 0 Å². The van der Waals surface area contributed by atoms with Crippen LogP contribution in [-0.4, -0.2) is 68.6 Å². The molecule has 1 saturated heterocycles. The summed E-state index contributed by atoms with van der Waals surface area (Å²) in [7, 11) is 3.42. The van der Waals surface area contributed by atoms with Gasteiger partial charge in [-0.15, -0.1) is 11.3 Å². The lowest BCUT2D eigenvalue weighted by atomic mass is 10.3. The van der Waals surface area contributed by atoms with Gasteiger partial charge in [0.05, 0.1) is 19.2 Å². The van der Waals surface area contributed by atoms with Crippen molar-refractivity contribution in [2.75, 3.05) is 52.2 Å². The number of likely N-dealkylation sites (N-methyl/N-ethyl adjacent to an activating group) is 1.